The molecule has 2 aromatic rings. The van der Waals surface area contributed by atoms with Gasteiger partial charge in [-0.1, -0.05) is 11.6 Å². The minimum Gasteiger partial charge on any atom is -0.491 e. The molecule has 0 bridgehead atoms. The Bertz CT molecular complexity index is 1140. The van der Waals surface area contributed by atoms with E-state index < -0.39 is 22.8 Å². The summed E-state index contributed by atoms with van der Waals surface area (Å²) in [5.74, 6) is -0.172. The number of amides is 1. The summed E-state index contributed by atoms with van der Waals surface area (Å²) in [6.07, 6.45) is -2.06. The van der Waals surface area contributed by atoms with Crippen molar-refractivity contribution >= 4 is 29.0 Å². The normalized spacial score (nSPS) is 21.0. The average Bonchev–Trinajstić information content (AvgIpc) is 3.03. The number of aliphatic hydroxyl groups is 1. The third-order valence-corrected chi connectivity index (χ3v) is 7.31. The molecule has 0 aliphatic carbocycles. The second kappa shape index (κ2) is 8.53. The number of alkyl halides is 3. The van der Waals surface area contributed by atoms with Gasteiger partial charge in [0.05, 0.1) is 17.2 Å². The molecule has 7 nitrogen and oxygen atoms in total. The van der Waals surface area contributed by atoms with Gasteiger partial charge in [-0.2, -0.15) is 13.2 Å². The van der Waals surface area contributed by atoms with E-state index in [1.54, 1.807) is 13.0 Å². The molecule has 11 heteroatoms. The number of fused-ring (bicyclic) bond motifs is 2. The first-order valence-corrected chi connectivity index (χ1v) is 11.9. The Hall–Kier alpha value is -2.56. The Balaban J connectivity index is 1.19. The number of halogens is 4. The Morgan fingerprint density at radius 3 is 2.60 bits per heavy atom. The minimum atomic E-state index is -4.59. The van der Waals surface area contributed by atoms with Crippen molar-refractivity contribution in [2.24, 2.45) is 0 Å². The van der Waals surface area contributed by atoms with Crippen LogP contribution in [0, 0.1) is 0 Å². The minimum absolute atomic E-state index is 0.0137. The summed E-state index contributed by atoms with van der Waals surface area (Å²) in [7, 11) is 0. The average molecular weight is 511 g/mol. The van der Waals surface area contributed by atoms with E-state index in [1.165, 1.54) is 11.1 Å². The van der Waals surface area contributed by atoms with Crippen LogP contribution in [0.1, 0.15) is 30.9 Å². The van der Waals surface area contributed by atoms with E-state index in [1.807, 2.05) is 12.1 Å². The van der Waals surface area contributed by atoms with Crippen LogP contribution in [-0.2, 0) is 16.4 Å². The molecule has 4 heterocycles. The summed E-state index contributed by atoms with van der Waals surface area (Å²) in [5.41, 5.74) is -0.759. The molecule has 0 radical (unpaired) electrons. The first-order valence-electron chi connectivity index (χ1n) is 11.5. The van der Waals surface area contributed by atoms with Gasteiger partial charge < -0.3 is 20.1 Å². The monoisotopic (exact) mass is 510 g/mol. The quantitative estimate of drug-likeness (QED) is 0.639. The lowest BCUT2D eigenvalue weighted by Gasteiger charge is -2.45. The Kier molecular flexibility index (Phi) is 5.89. The number of aromatic nitrogens is 1. The fourth-order valence-electron chi connectivity index (χ4n) is 5.24. The van der Waals surface area contributed by atoms with E-state index in [0.29, 0.717) is 37.5 Å². The molecule has 1 spiro atoms. The number of pyridine rings is 1. The van der Waals surface area contributed by atoms with Gasteiger partial charge in [-0.05, 0) is 62.7 Å². The summed E-state index contributed by atoms with van der Waals surface area (Å²) in [5, 5.41) is 13.4. The van der Waals surface area contributed by atoms with Crippen LogP contribution in [0.5, 0.6) is 5.75 Å². The Labute approximate surface area is 205 Å². The standard InChI is InChI=1S/C24H26ClF3N4O3/c1-22(34)13-32(14-22)20-18(24(26,27)28)11-16(12-29-20)35-9-8-31-6-4-23(5-7-31)17-10-15(25)2-3-19(17)30-21(23)33/h2-3,10-12,34H,4-9,13-14H2,1H3,(H,30,33). The number of benzene rings is 1. The molecule has 2 fully saturated rings. The highest BCUT2D eigenvalue weighted by Crippen LogP contribution is 2.46. The van der Waals surface area contributed by atoms with Gasteiger partial charge in [0.2, 0.25) is 5.91 Å². The van der Waals surface area contributed by atoms with Crippen LogP contribution in [0.3, 0.4) is 0 Å². The number of anilines is 2. The van der Waals surface area contributed by atoms with Crippen LogP contribution in [0.4, 0.5) is 24.7 Å². The molecule has 0 atom stereocenters. The van der Waals surface area contributed by atoms with Gasteiger partial charge in [-0.3, -0.25) is 9.69 Å². The van der Waals surface area contributed by atoms with Crippen LogP contribution in [-0.4, -0.2) is 65.8 Å². The number of nitrogens with one attached hydrogen (secondary N) is 1. The summed E-state index contributed by atoms with van der Waals surface area (Å²) < 4.78 is 46.5. The topological polar surface area (TPSA) is 77.9 Å². The van der Waals surface area contributed by atoms with E-state index >= 15 is 0 Å². The van der Waals surface area contributed by atoms with Crippen molar-refractivity contribution in [2.75, 3.05) is 49.5 Å². The maximum Gasteiger partial charge on any atom is 0.420 e. The molecule has 1 amide bonds. The number of carbonyl (C=O) groups is 1. The smallest absolute Gasteiger partial charge is 0.420 e. The Morgan fingerprint density at radius 1 is 1.23 bits per heavy atom. The predicted octanol–water partition coefficient (Wildman–Crippen LogP) is 3.69. The fourth-order valence-corrected chi connectivity index (χ4v) is 5.41. The lowest BCUT2D eigenvalue weighted by atomic mass is 9.73. The number of hydrogen-bond acceptors (Lipinski definition) is 6. The molecule has 5 rings (SSSR count). The van der Waals surface area contributed by atoms with Gasteiger partial charge in [0.25, 0.3) is 0 Å². The zero-order chi connectivity index (χ0) is 25.0. The maximum absolute atomic E-state index is 13.6. The van der Waals surface area contributed by atoms with Crippen molar-refractivity contribution < 1.29 is 27.8 Å². The fraction of sp³-hybridized carbons (Fsp3) is 0.500. The predicted molar refractivity (Wildman–Crippen MR) is 125 cm³/mol. The van der Waals surface area contributed by atoms with E-state index in [2.05, 4.69) is 15.2 Å². The molecule has 2 N–H and O–H groups in total. The third-order valence-electron chi connectivity index (χ3n) is 7.08. The first kappa shape index (κ1) is 24.1. The SMILES string of the molecule is CC1(O)CN(c2ncc(OCCN3CCC4(CC3)C(=O)Nc3ccc(Cl)cc34)cc2C(F)(F)F)C1. The van der Waals surface area contributed by atoms with Gasteiger partial charge in [0.1, 0.15) is 23.7 Å². The molecule has 0 unspecified atom stereocenters. The van der Waals surface area contributed by atoms with E-state index in [0.717, 1.165) is 17.3 Å². The molecule has 2 saturated heterocycles. The van der Waals surface area contributed by atoms with Gasteiger partial charge in [-0.15, -0.1) is 0 Å². The van der Waals surface area contributed by atoms with Crippen molar-refractivity contribution in [3.05, 3.63) is 46.6 Å². The number of rotatable bonds is 5. The summed E-state index contributed by atoms with van der Waals surface area (Å²) in [6, 6.07) is 6.39. The Morgan fingerprint density at radius 2 is 1.94 bits per heavy atom. The van der Waals surface area contributed by atoms with Crippen molar-refractivity contribution in [3.63, 3.8) is 0 Å². The van der Waals surface area contributed by atoms with E-state index in [9.17, 15) is 23.1 Å². The molecule has 1 aromatic carbocycles. The highest BCUT2D eigenvalue weighted by atomic mass is 35.5. The molecule has 3 aliphatic heterocycles. The molecule has 188 valence electrons. The summed E-state index contributed by atoms with van der Waals surface area (Å²) >= 11 is 6.16. The molecule has 35 heavy (non-hydrogen) atoms. The summed E-state index contributed by atoms with van der Waals surface area (Å²) in [4.78, 5) is 20.3. The highest BCUT2D eigenvalue weighted by Gasteiger charge is 2.48. The van der Waals surface area contributed by atoms with Crippen LogP contribution in [0.25, 0.3) is 0 Å². The number of nitrogens with zero attached hydrogens (tertiary/aromatic N) is 3. The van der Waals surface area contributed by atoms with E-state index in [-0.39, 0.29) is 37.2 Å². The number of carbonyl (C=O) groups excluding carboxylic acids is 1. The van der Waals surface area contributed by atoms with Gasteiger partial charge >= 0.3 is 6.18 Å². The van der Waals surface area contributed by atoms with Crippen LogP contribution in [0.2, 0.25) is 5.02 Å². The second-order valence-corrected chi connectivity index (χ2v) is 10.2. The molecule has 3 aliphatic rings. The largest absolute Gasteiger partial charge is 0.491 e. The van der Waals surface area contributed by atoms with Crippen molar-refractivity contribution in [3.8, 4) is 5.75 Å². The molecule has 0 saturated carbocycles. The number of likely N-dealkylation sites (tertiary alicyclic amines) is 1. The zero-order valence-corrected chi connectivity index (χ0v) is 19.9. The highest BCUT2D eigenvalue weighted by molar-refractivity contribution is 6.31. The lowest BCUT2D eigenvalue weighted by Crippen LogP contribution is -2.60. The molecular weight excluding hydrogens is 485 g/mol. The lowest BCUT2D eigenvalue weighted by molar-refractivity contribution is -0.137. The van der Waals surface area contributed by atoms with Crippen molar-refractivity contribution in [1.82, 2.24) is 9.88 Å². The molecular formula is C24H26ClF3N4O3. The third kappa shape index (κ3) is 4.54. The first-order chi connectivity index (χ1) is 16.5. The van der Waals surface area contributed by atoms with Crippen molar-refractivity contribution in [1.29, 1.82) is 0 Å². The van der Waals surface area contributed by atoms with Crippen LogP contribution in [0.15, 0.2) is 30.5 Å². The van der Waals surface area contributed by atoms with Crippen molar-refractivity contribution in [2.45, 2.75) is 37.0 Å². The number of piperidine rings is 1. The number of hydrogen-bond donors (Lipinski definition) is 2. The van der Waals surface area contributed by atoms with Crippen LogP contribution < -0.4 is 15.0 Å². The molecule has 1 aromatic heterocycles. The maximum atomic E-state index is 13.6. The van der Waals surface area contributed by atoms with Crippen LogP contribution >= 0.6 is 11.6 Å². The summed E-state index contributed by atoms with van der Waals surface area (Å²) in [6.45, 7) is 3.77. The van der Waals surface area contributed by atoms with E-state index in [4.69, 9.17) is 16.3 Å². The van der Waals surface area contributed by atoms with Gasteiger partial charge in [0.15, 0.2) is 0 Å². The second-order valence-electron chi connectivity index (χ2n) is 9.81. The zero-order valence-electron chi connectivity index (χ0n) is 19.2. The van der Waals surface area contributed by atoms with Gasteiger partial charge in [-0.25, -0.2) is 4.98 Å². The van der Waals surface area contributed by atoms with Gasteiger partial charge in [0, 0.05) is 30.3 Å². The number of β-amino-alcohol motifs (C(OH)–C–C–N with tert-alkyl or cyclic N) is 1. The number of ether oxygens (including phenoxy) is 1.